The summed E-state index contributed by atoms with van der Waals surface area (Å²) in [5, 5.41) is 3.58. The second-order valence-electron chi connectivity index (χ2n) is 5.86. The number of nitrogens with one attached hydrogen (secondary N) is 1. The average Bonchev–Trinajstić information content (AvgIpc) is 2.30. The molecule has 0 aromatic carbocycles. The SMILES string of the molecule is CCC(CNC(C)C)N1CCC(N(C)C)CC1. The first kappa shape index (κ1) is 14.9. The van der Waals surface area contributed by atoms with Gasteiger partial charge in [-0.1, -0.05) is 20.8 Å². The highest BCUT2D eigenvalue weighted by atomic mass is 15.2. The highest BCUT2D eigenvalue weighted by Crippen LogP contribution is 2.17. The summed E-state index contributed by atoms with van der Waals surface area (Å²) in [5.74, 6) is 0. The van der Waals surface area contributed by atoms with Crippen molar-refractivity contribution in [1.82, 2.24) is 15.1 Å². The number of likely N-dealkylation sites (tertiary alicyclic amines) is 1. The molecule has 17 heavy (non-hydrogen) atoms. The fourth-order valence-electron chi connectivity index (χ4n) is 2.67. The first-order chi connectivity index (χ1) is 8.04. The molecule has 0 saturated carbocycles. The molecule has 0 aromatic heterocycles. The summed E-state index contributed by atoms with van der Waals surface area (Å²) < 4.78 is 0. The third-order valence-corrected chi connectivity index (χ3v) is 3.98. The van der Waals surface area contributed by atoms with Gasteiger partial charge >= 0.3 is 0 Å². The molecular weight excluding hydrogens is 210 g/mol. The van der Waals surface area contributed by atoms with Gasteiger partial charge in [0.05, 0.1) is 0 Å². The Labute approximate surface area is 108 Å². The van der Waals surface area contributed by atoms with E-state index in [9.17, 15) is 0 Å². The second-order valence-corrected chi connectivity index (χ2v) is 5.86. The molecular formula is C14H31N3. The molecule has 0 radical (unpaired) electrons. The Hall–Kier alpha value is -0.120. The molecule has 1 unspecified atom stereocenters. The van der Waals surface area contributed by atoms with Crippen molar-refractivity contribution < 1.29 is 0 Å². The van der Waals surface area contributed by atoms with E-state index >= 15 is 0 Å². The molecule has 3 heteroatoms. The lowest BCUT2D eigenvalue weighted by molar-refractivity contribution is 0.104. The Bertz CT molecular complexity index is 196. The molecule has 0 aromatic rings. The molecule has 102 valence electrons. The van der Waals surface area contributed by atoms with E-state index in [0.29, 0.717) is 6.04 Å². The predicted molar refractivity (Wildman–Crippen MR) is 75.5 cm³/mol. The van der Waals surface area contributed by atoms with Gasteiger partial charge in [0.1, 0.15) is 0 Å². The van der Waals surface area contributed by atoms with E-state index in [2.05, 4.69) is 50.0 Å². The molecule has 0 bridgehead atoms. The quantitative estimate of drug-likeness (QED) is 0.765. The van der Waals surface area contributed by atoms with Crippen LogP contribution in [-0.2, 0) is 0 Å². The van der Waals surface area contributed by atoms with Crippen LogP contribution in [0.4, 0.5) is 0 Å². The maximum Gasteiger partial charge on any atom is 0.0218 e. The molecule has 1 aliphatic rings. The van der Waals surface area contributed by atoms with Crippen LogP contribution in [0.25, 0.3) is 0 Å². The summed E-state index contributed by atoms with van der Waals surface area (Å²) in [7, 11) is 4.41. The molecule has 1 saturated heterocycles. The van der Waals surface area contributed by atoms with E-state index in [1.807, 2.05) is 0 Å². The van der Waals surface area contributed by atoms with E-state index in [-0.39, 0.29) is 0 Å². The summed E-state index contributed by atoms with van der Waals surface area (Å²) in [6.45, 7) is 10.4. The van der Waals surface area contributed by atoms with Crippen molar-refractivity contribution in [1.29, 1.82) is 0 Å². The summed E-state index contributed by atoms with van der Waals surface area (Å²) in [6.07, 6.45) is 3.91. The fourth-order valence-corrected chi connectivity index (χ4v) is 2.67. The van der Waals surface area contributed by atoms with Crippen molar-refractivity contribution >= 4 is 0 Å². The van der Waals surface area contributed by atoms with Gasteiger partial charge in [-0.3, -0.25) is 4.90 Å². The molecule has 1 atom stereocenters. The summed E-state index contributed by atoms with van der Waals surface area (Å²) in [6, 6.07) is 2.12. The summed E-state index contributed by atoms with van der Waals surface area (Å²) >= 11 is 0. The smallest absolute Gasteiger partial charge is 0.0218 e. The Kier molecular flexibility index (Phi) is 6.45. The third kappa shape index (κ3) is 4.94. The molecule has 1 N–H and O–H groups in total. The van der Waals surface area contributed by atoms with Gasteiger partial charge in [-0.05, 0) is 46.4 Å². The predicted octanol–water partition coefficient (Wildman–Crippen LogP) is 1.79. The van der Waals surface area contributed by atoms with Crippen molar-refractivity contribution in [3.8, 4) is 0 Å². The van der Waals surface area contributed by atoms with Crippen molar-refractivity contribution in [2.45, 2.75) is 58.2 Å². The molecule has 0 amide bonds. The minimum atomic E-state index is 0.600. The zero-order chi connectivity index (χ0) is 12.8. The van der Waals surface area contributed by atoms with Crippen molar-refractivity contribution in [3.63, 3.8) is 0 Å². The number of piperidine rings is 1. The molecule has 1 aliphatic heterocycles. The van der Waals surface area contributed by atoms with Crippen LogP contribution >= 0.6 is 0 Å². The topological polar surface area (TPSA) is 18.5 Å². The van der Waals surface area contributed by atoms with Crippen molar-refractivity contribution in [3.05, 3.63) is 0 Å². The molecule has 1 rings (SSSR count). The minimum absolute atomic E-state index is 0.600. The highest BCUT2D eigenvalue weighted by Gasteiger charge is 2.24. The van der Waals surface area contributed by atoms with Crippen LogP contribution in [-0.4, -0.2) is 61.7 Å². The average molecular weight is 241 g/mol. The van der Waals surface area contributed by atoms with Crippen LogP contribution in [0.3, 0.4) is 0 Å². The number of hydrogen-bond donors (Lipinski definition) is 1. The Morgan fingerprint density at radius 2 is 1.82 bits per heavy atom. The molecule has 1 fully saturated rings. The van der Waals surface area contributed by atoms with Gasteiger partial charge in [-0.15, -0.1) is 0 Å². The lowest BCUT2D eigenvalue weighted by atomic mass is 10.0. The van der Waals surface area contributed by atoms with Crippen LogP contribution < -0.4 is 5.32 Å². The zero-order valence-electron chi connectivity index (χ0n) is 12.4. The molecule has 0 spiro atoms. The maximum atomic E-state index is 3.58. The van der Waals surface area contributed by atoms with Gasteiger partial charge in [-0.2, -0.15) is 0 Å². The van der Waals surface area contributed by atoms with Crippen LogP contribution in [0.2, 0.25) is 0 Å². The van der Waals surface area contributed by atoms with E-state index in [1.165, 1.54) is 32.4 Å². The maximum absolute atomic E-state index is 3.58. The number of nitrogens with zero attached hydrogens (tertiary/aromatic N) is 2. The van der Waals surface area contributed by atoms with Gasteiger partial charge in [0.2, 0.25) is 0 Å². The van der Waals surface area contributed by atoms with Crippen LogP contribution in [0.5, 0.6) is 0 Å². The third-order valence-electron chi connectivity index (χ3n) is 3.98. The zero-order valence-corrected chi connectivity index (χ0v) is 12.4. The second kappa shape index (κ2) is 7.34. The number of hydrogen-bond acceptors (Lipinski definition) is 3. The Morgan fingerprint density at radius 1 is 1.24 bits per heavy atom. The first-order valence-electron chi connectivity index (χ1n) is 7.18. The van der Waals surface area contributed by atoms with Gasteiger partial charge in [0.25, 0.3) is 0 Å². The lowest BCUT2D eigenvalue weighted by Crippen LogP contribution is -2.49. The van der Waals surface area contributed by atoms with E-state index in [1.54, 1.807) is 0 Å². The highest BCUT2D eigenvalue weighted by molar-refractivity contribution is 4.82. The normalized spacial score (nSPS) is 21.4. The monoisotopic (exact) mass is 241 g/mol. The van der Waals surface area contributed by atoms with Crippen LogP contribution in [0.1, 0.15) is 40.0 Å². The summed E-state index contributed by atoms with van der Waals surface area (Å²) in [5.41, 5.74) is 0. The molecule has 3 nitrogen and oxygen atoms in total. The standard InChI is InChI=1S/C14H31N3/c1-6-13(11-15-12(2)3)17-9-7-14(8-10-17)16(4)5/h12-15H,6-11H2,1-5H3. The summed E-state index contributed by atoms with van der Waals surface area (Å²) in [4.78, 5) is 5.06. The van der Waals surface area contributed by atoms with Gasteiger partial charge in [0.15, 0.2) is 0 Å². The van der Waals surface area contributed by atoms with Gasteiger partial charge in [0, 0.05) is 24.7 Å². The van der Waals surface area contributed by atoms with Crippen LogP contribution in [0.15, 0.2) is 0 Å². The van der Waals surface area contributed by atoms with E-state index < -0.39 is 0 Å². The first-order valence-corrected chi connectivity index (χ1v) is 7.18. The van der Waals surface area contributed by atoms with E-state index in [4.69, 9.17) is 0 Å². The number of rotatable bonds is 6. The van der Waals surface area contributed by atoms with Crippen molar-refractivity contribution in [2.75, 3.05) is 33.7 Å². The Morgan fingerprint density at radius 3 is 2.24 bits per heavy atom. The molecule has 1 heterocycles. The minimum Gasteiger partial charge on any atom is -0.313 e. The lowest BCUT2D eigenvalue weighted by Gasteiger charge is -2.39. The van der Waals surface area contributed by atoms with Crippen molar-refractivity contribution in [2.24, 2.45) is 0 Å². The fraction of sp³-hybridized carbons (Fsp3) is 1.00. The molecule has 0 aliphatic carbocycles. The largest absolute Gasteiger partial charge is 0.313 e. The Balaban J connectivity index is 2.34. The van der Waals surface area contributed by atoms with Gasteiger partial charge < -0.3 is 10.2 Å². The van der Waals surface area contributed by atoms with Crippen LogP contribution in [0, 0.1) is 0 Å². The van der Waals surface area contributed by atoms with Gasteiger partial charge in [-0.25, -0.2) is 0 Å². The van der Waals surface area contributed by atoms with E-state index in [0.717, 1.165) is 18.6 Å².